The second-order valence-electron chi connectivity index (χ2n) is 5.05. The largest absolute Gasteiger partial charge is 0.271 e. The van der Waals surface area contributed by atoms with E-state index in [-0.39, 0.29) is 28.1 Å². The van der Waals surface area contributed by atoms with Crippen molar-refractivity contribution in [2.24, 2.45) is 0 Å². The van der Waals surface area contributed by atoms with Crippen LogP contribution in [-0.4, -0.2) is 16.7 Å². The minimum atomic E-state index is -0.592. The lowest BCUT2D eigenvalue weighted by molar-refractivity contribution is -0.384. The summed E-state index contributed by atoms with van der Waals surface area (Å²) in [5.41, 5.74) is 1.09. The first-order valence-corrected chi connectivity index (χ1v) is 6.62. The number of nitro groups is 1. The van der Waals surface area contributed by atoms with E-state index in [2.05, 4.69) is 0 Å². The van der Waals surface area contributed by atoms with Gasteiger partial charge in [-0.1, -0.05) is 6.07 Å². The summed E-state index contributed by atoms with van der Waals surface area (Å²) in [7, 11) is 0. The molecule has 0 bridgehead atoms. The third-order valence-electron chi connectivity index (χ3n) is 3.66. The van der Waals surface area contributed by atoms with Crippen molar-refractivity contribution in [3.8, 4) is 6.07 Å². The van der Waals surface area contributed by atoms with Gasteiger partial charge in [-0.15, -0.1) is 0 Å². The number of fused-ring (bicyclic) bond motifs is 1. The summed E-state index contributed by atoms with van der Waals surface area (Å²) in [5, 5.41) is 19.8. The van der Waals surface area contributed by atoms with Crippen LogP contribution in [0.3, 0.4) is 0 Å². The van der Waals surface area contributed by atoms with E-state index in [0.29, 0.717) is 5.56 Å². The molecular formula is C16H9N3O4. The molecule has 0 saturated heterocycles. The molecule has 112 valence electrons. The van der Waals surface area contributed by atoms with Crippen molar-refractivity contribution < 1.29 is 14.5 Å². The normalized spacial score (nSPS) is 13.0. The van der Waals surface area contributed by atoms with Crippen LogP contribution in [0.5, 0.6) is 0 Å². The zero-order valence-corrected chi connectivity index (χ0v) is 11.9. The van der Waals surface area contributed by atoms with Gasteiger partial charge in [0.25, 0.3) is 17.5 Å². The van der Waals surface area contributed by atoms with Gasteiger partial charge in [0.05, 0.1) is 33.4 Å². The summed E-state index contributed by atoms with van der Waals surface area (Å²) in [6.07, 6.45) is 0. The smallest absolute Gasteiger partial charge is 0.268 e. The first kappa shape index (κ1) is 14.4. The fourth-order valence-corrected chi connectivity index (χ4v) is 2.48. The SMILES string of the molecule is Cc1ccc([N+](=O)[O-])cc1N1C(=O)c2ccc(C#N)cc2C1=O. The molecule has 2 aromatic rings. The molecule has 1 aliphatic rings. The number of hydrogen-bond acceptors (Lipinski definition) is 5. The number of anilines is 1. The van der Waals surface area contributed by atoms with Crippen molar-refractivity contribution in [2.45, 2.75) is 6.92 Å². The number of imide groups is 1. The number of benzene rings is 2. The van der Waals surface area contributed by atoms with Crippen LogP contribution in [0.15, 0.2) is 36.4 Å². The van der Waals surface area contributed by atoms with E-state index in [1.54, 1.807) is 6.92 Å². The second-order valence-corrected chi connectivity index (χ2v) is 5.05. The fraction of sp³-hybridized carbons (Fsp3) is 0.0625. The van der Waals surface area contributed by atoms with Crippen LogP contribution >= 0.6 is 0 Å². The molecule has 23 heavy (non-hydrogen) atoms. The Labute approximate surface area is 130 Å². The monoisotopic (exact) mass is 307 g/mol. The highest BCUT2D eigenvalue weighted by Gasteiger charge is 2.38. The van der Waals surface area contributed by atoms with E-state index in [9.17, 15) is 19.7 Å². The fourth-order valence-electron chi connectivity index (χ4n) is 2.48. The summed E-state index contributed by atoms with van der Waals surface area (Å²) >= 11 is 0. The zero-order valence-electron chi connectivity index (χ0n) is 11.9. The predicted molar refractivity (Wildman–Crippen MR) is 80.1 cm³/mol. The van der Waals surface area contributed by atoms with Crippen LogP contribution in [-0.2, 0) is 0 Å². The number of carbonyl (C=O) groups is 2. The van der Waals surface area contributed by atoms with Gasteiger partial charge >= 0.3 is 0 Å². The molecule has 3 rings (SSSR count). The van der Waals surface area contributed by atoms with Crippen molar-refractivity contribution in [3.63, 3.8) is 0 Å². The first-order chi connectivity index (χ1) is 10.9. The van der Waals surface area contributed by atoms with Crippen molar-refractivity contribution in [2.75, 3.05) is 4.90 Å². The highest BCUT2D eigenvalue weighted by atomic mass is 16.6. The molecule has 0 aliphatic carbocycles. The third kappa shape index (κ3) is 2.13. The van der Waals surface area contributed by atoms with Gasteiger partial charge in [-0.2, -0.15) is 5.26 Å². The standard InChI is InChI=1S/C16H9N3O4/c1-9-2-4-11(19(22)23)7-14(9)18-15(20)12-5-3-10(8-17)6-13(12)16(18)21/h2-7H,1H3. The van der Waals surface area contributed by atoms with Crippen LogP contribution in [0.2, 0.25) is 0 Å². The number of nitro benzene ring substituents is 1. The first-order valence-electron chi connectivity index (χ1n) is 6.62. The van der Waals surface area contributed by atoms with Crippen molar-refractivity contribution in [1.29, 1.82) is 5.26 Å². The Morgan fingerprint density at radius 1 is 1.09 bits per heavy atom. The lowest BCUT2D eigenvalue weighted by Gasteiger charge is -2.16. The Kier molecular flexibility index (Phi) is 3.15. The lowest BCUT2D eigenvalue weighted by Crippen LogP contribution is -2.30. The number of hydrogen-bond donors (Lipinski definition) is 0. The summed E-state index contributed by atoms with van der Waals surface area (Å²) in [6.45, 7) is 1.66. The molecule has 0 aromatic heterocycles. The van der Waals surface area contributed by atoms with Crippen LogP contribution in [0, 0.1) is 28.4 Å². The van der Waals surface area contributed by atoms with Crippen molar-refractivity contribution in [1.82, 2.24) is 0 Å². The maximum atomic E-state index is 12.5. The van der Waals surface area contributed by atoms with Crippen LogP contribution in [0.1, 0.15) is 31.8 Å². The van der Waals surface area contributed by atoms with E-state index in [1.165, 1.54) is 36.4 Å². The Bertz CT molecular complexity index is 927. The van der Waals surface area contributed by atoms with Gasteiger partial charge in [0.2, 0.25) is 0 Å². The molecule has 1 heterocycles. The van der Waals surface area contributed by atoms with E-state index >= 15 is 0 Å². The Hall–Kier alpha value is -3.53. The number of aryl methyl sites for hydroxylation is 1. The summed E-state index contributed by atoms with van der Waals surface area (Å²) < 4.78 is 0. The average Bonchev–Trinajstić information content (AvgIpc) is 2.79. The van der Waals surface area contributed by atoms with Gasteiger partial charge in [0.15, 0.2) is 0 Å². The summed E-state index contributed by atoms with van der Waals surface area (Å²) in [6, 6.07) is 10.1. The number of amides is 2. The summed E-state index contributed by atoms with van der Waals surface area (Å²) in [4.78, 5) is 36.3. The highest BCUT2D eigenvalue weighted by molar-refractivity contribution is 6.34. The molecule has 0 spiro atoms. The van der Waals surface area contributed by atoms with E-state index < -0.39 is 16.7 Å². The van der Waals surface area contributed by atoms with Crippen LogP contribution in [0.4, 0.5) is 11.4 Å². The molecule has 1 aliphatic heterocycles. The van der Waals surface area contributed by atoms with E-state index in [1.807, 2.05) is 6.07 Å². The number of non-ortho nitro benzene ring substituents is 1. The van der Waals surface area contributed by atoms with Crippen molar-refractivity contribution >= 4 is 23.2 Å². The van der Waals surface area contributed by atoms with Gasteiger partial charge in [0.1, 0.15) is 0 Å². The zero-order chi connectivity index (χ0) is 16.7. The molecule has 2 aromatic carbocycles. The maximum Gasteiger partial charge on any atom is 0.271 e. The van der Waals surface area contributed by atoms with E-state index in [0.717, 1.165) is 4.90 Å². The predicted octanol–water partition coefficient (Wildman–Crippen LogP) is 2.58. The lowest BCUT2D eigenvalue weighted by atomic mass is 10.1. The Morgan fingerprint density at radius 2 is 1.78 bits per heavy atom. The molecular weight excluding hydrogens is 298 g/mol. The average molecular weight is 307 g/mol. The molecule has 0 radical (unpaired) electrons. The van der Waals surface area contributed by atoms with Gasteiger partial charge in [0, 0.05) is 12.1 Å². The molecule has 0 fully saturated rings. The van der Waals surface area contributed by atoms with Crippen LogP contribution in [0.25, 0.3) is 0 Å². The molecule has 0 N–H and O–H groups in total. The number of rotatable bonds is 2. The van der Waals surface area contributed by atoms with Gasteiger partial charge < -0.3 is 0 Å². The minimum Gasteiger partial charge on any atom is -0.268 e. The van der Waals surface area contributed by atoms with Gasteiger partial charge in [-0.05, 0) is 30.7 Å². The minimum absolute atomic E-state index is 0.125. The second kappa shape index (κ2) is 5.03. The van der Waals surface area contributed by atoms with Crippen molar-refractivity contribution in [3.05, 3.63) is 68.8 Å². The van der Waals surface area contributed by atoms with Gasteiger partial charge in [-0.3, -0.25) is 19.7 Å². The van der Waals surface area contributed by atoms with Crippen LogP contribution < -0.4 is 4.90 Å². The molecule has 0 unspecified atom stereocenters. The number of nitriles is 1. The molecule has 0 saturated carbocycles. The number of carbonyl (C=O) groups excluding carboxylic acids is 2. The van der Waals surface area contributed by atoms with E-state index in [4.69, 9.17) is 5.26 Å². The molecule has 7 nitrogen and oxygen atoms in total. The third-order valence-corrected chi connectivity index (χ3v) is 3.66. The highest BCUT2D eigenvalue weighted by Crippen LogP contribution is 2.33. The Morgan fingerprint density at radius 3 is 2.43 bits per heavy atom. The molecule has 2 amide bonds. The quantitative estimate of drug-likeness (QED) is 0.481. The molecule has 0 atom stereocenters. The maximum absolute atomic E-state index is 12.5. The summed E-state index contributed by atoms with van der Waals surface area (Å²) in [5.74, 6) is -1.15. The van der Waals surface area contributed by atoms with Gasteiger partial charge in [-0.25, -0.2) is 4.90 Å². The topological polar surface area (TPSA) is 104 Å². The number of nitrogens with zero attached hydrogens (tertiary/aromatic N) is 3. The molecule has 7 heteroatoms. The Balaban J connectivity index is 2.15.